The molecule has 0 saturated heterocycles. The van der Waals surface area contributed by atoms with Crippen LogP contribution in [-0.2, 0) is 11.3 Å². The van der Waals surface area contributed by atoms with Crippen molar-refractivity contribution in [3.63, 3.8) is 0 Å². The molecule has 8 nitrogen and oxygen atoms in total. The number of halogens is 2. The summed E-state index contributed by atoms with van der Waals surface area (Å²) in [5.41, 5.74) is 1.77. The van der Waals surface area contributed by atoms with Gasteiger partial charge in [-0.15, -0.1) is 11.3 Å². The van der Waals surface area contributed by atoms with Crippen molar-refractivity contribution in [2.75, 3.05) is 30.8 Å². The van der Waals surface area contributed by atoms with Crippen LogP contribution >= 0.6 is 46.8 Å². The maximum Gasteiger partial charge on any atom is 0.341 e. The molecule has 0 aliphatic heterocycles. The summed E-state index contributed by atoms with van der Waals surface area (Å²) in [6.07, 6.45) is 1.80. The van der Waals surface area contributed by atoms with Crippen molar-refractivity contribution in [1.82, 2.24) is 14.7 Å². The Bertz CT molecular complexity index is 1250. The molecule has 2 heterocycles. The van der Waals surface area contributed by atoms with E-state index in [0.29, 0.717) is 50.9 Å². The highest BCUT2D eigenvalue weighted by molar-refractivity contribution is 7.80. The molecule has 1 aromatic carbocycles. The number of esters is 1. The van der Waals surface area contributed by atoms with E-state index in [0.717, 1.165) is 5.56 Å². The summed E-state index contributed by atoms with van der Waals surface area (Å²) in [5.74, 6) is -0.181. The van der Waals surface area contributed by atoms with Crippen LogP contribution in [0.2, 0.25) is 10.0 Å². The van der Waals surface area contributed by atoms with Gasteiger partial charge >= 0.3 is 5.97 Å². The molecule has 0 fully saturated rings. The van der Waals surface area contributed by atoms with Crippen molar-refractivity contribution < 1.29 is 14.3 Å². The minimum atomic E-state index is -0.548. The third kappa shape index (κ3) is 6.32. The predicted octanol–water partition coefficient (Wildman–Crippen LogP) is 5.69. The normalized spacial score (nSPS) is 10.7. The molecule has 0 atom stereocenters. The van der Waals surface area contributed by atoms with E-state index < -0.39 is 5.97 Å². The van der Waals surface area contributed by atoms with Gasteiger partial charge in [-0.2, -0.15) is 5.10 Å². The van der Waals surface area contributed by atoms with Crippen LogP contribution in [0.4, 0.5) is 10.8 Å². The number of aromatic nitrogens is 2. The summed E-state index contributed by atoms with van der Waals surface area (Å²) < 4.78 is 6.67. The van der Waals surface area contributed by atoms with Crippen molar-refractivity contribution in [2.45, 2.75) is 27.3 Å². The fraction of sp³-hybridized carbons (Fsp3) is 0.304. The standard InChI is InChI=1S/C23H25Cl2N5O3S2/c1-5-29(6-2)21(31)19-13(3)18(22(32)33-4)20(35-19)27-23(34)26-17-9-10-30(28-17)12-14-7-8-15(24)16(25)11-14/h7-11H,5-6,12H2,1-4H3,(H2,26,27,28,34). The highest BCUT2D eigenvalue weighted by Crippen LogP contribution is 2.34. The Morgan fingerprint density at radius 3 is 2.51 bits per heavy atom. The first-order valence-corrected chi connectivity index (χ1v) is 12.7. The Hall–Kier alpha value is -2.66. The first kappa shape index (κ1) is 26.9. The number of thiocarbonyl (C=S) groups is 1. The lowest BCUT2D eigenvalue weighted by Crippen LogP contribution is -2.30. The molecule has 2 aromatic heterocycles. The van der Waals surface area contributed by atoms with Gasteiger partial charge in [-0.1, -0.05) is 29.3 Å². The number of rotatable bonds is 8. The molecule has 3 rings (SSSR count). The molecule has 0 bridgehead atoms. The quantitative estimate of drug-likeness (QED) is 0.273. The molecule has 2 N–H and O–H groups in total. The molecule has 1 amide bonds. The van der Waals surface area contributed by atoms with E-state index in [1.807, 2.05) is 19.9 Å². The third-order valence-electron chi connectivity index (χ3n) is 5.22. The zero-order chi connectivity index (χ0) is 25.7. The number of anilines is 2. The van der Waals surface area contributed by atoms with E-state index in [1.54, 1.807) is 40.9 Å². The minimum Gasteiger partial charge on any atom is -0.465 e. The van der Waals surface area contributed by atoms with Gasteiger partial charge in [0.15, 0.2) is 10.9 Å². The Kier molecular flexibility index (Phi) is 9.12. The highest BCUT2D eigenvalue weighted by Gasteiger charge is 2.27. The lowest BCUT2D eigenvalue weighted by Gasteiger charge is -2.17. The first-order valence-electron chi connectivity index (χ1n) is 10.7. The summed E-state index contributed by atoms with van der Waals surface area (Å²) in [5, 5.41) is 12.1. The number of carbonyl (C=O) groups excluding carboxylic acids is 2. The second kappa shape index (κ2) is 11.9. The fourth-order valence-corrected chi connectivity index (χ4v) is 5.16. The van der Waals surface area contributed by atoms with Crippen LogP contribution in [0.5, 0.6) is 0 Å². The van der Waals surface area contributed by atoms with Crippen LogP contribution in [0, 0.1) is 6.92 Å². The molecule has 3 aromatic rings. The van der Waals surface area contributed by atoms with Gasteiger partial charge in [0.05, 0.1) is 34.1 Å². The van der Waals surface area contributed by atoms with Gasteiger partial charge in [-0.05, 0) is 56.2 Å². The SMILES string of the molecule is CCN(CC)C(=O)c1sc(NC(=S)Nc2ccn(Cc3ccc(Cl)c(Cl)c3)n2)c(C(=O)OC)c1C. The number of methoxy groups -OCH3 is 1. The summed E-state index contributed by atoms with van der Waals surface area (Å²) in [7, 11) is 1.30. The molecule has 0 unspecified atom stereocenters. The lowest BCUT2D eigenvalue weighted by atomic mass is 10.1. The minimum absolute atomic E-state index is 0.143. The topological polar surface area (TPSA) is 88.5 Å². The number of hydrogen-bond donors (Lipinski definition) is 2. The van der Waals surface area contributed by atoms with Gasteiger partial charge in [0.2, 0.25) is 0 Å². The second-order valence-corrected chi connectivity index (χ2v) is 9.70. The van der Waals surface area contributed by atoms with E-state index in [1.165, 1.54) is 18.4 Å². The van der Waals surface area contributed by atoms with Crippen molar-refractivity contribution in [3.05, 3.63) is 62.1 Å². The Balaban J connectivity index is 1.76. The lowest BCUT2D eigenvalue weighted by molar-refractivity contribution is 0.0601. The highest BCUT2D eigenvalue weighted by atomic mass is 35.5. The number of nitrogens with one attached hydrogen (secondary N) is 2. The zero-order valence-corrected chi connectivity index (χ0v) is 22.8. The van der Waals surface area contributed by atoms with Crippen molar-refractivity contribution in [3.8, 4) is 0 Å². The van der Waals surface area contributed by atoms with Gasteiger partial charge in [0.25, 0.3) is 5.91 Å². The van der Waals surface area contributed by atoms with E-state index >= 15 is 0 Å². The van der Waals surface area contributed by atoms with Crippen LogP contribution in [0.1, 0.15) is 45.0 Å². The zero-order valence-electron chi connectivity index (χ0n) is 19.6. The Morgan fingerprint density at radius 2 is 1.89 bits per heavy atom. The number of nitrogens with zero attached hydrogens (tertiary/aromatic N) is 3. The van der Waals surface area contributed by atoms with E-state index in [-0.39, 0.29) is 16.6 Å². The largest absolute Gasteiger partial charge is 0.465 e. The average molecular weight is 555 g/mol. The molecule has 0 aliphatic rings. The Morgan fingerprint density at radius 1 is 1.17 bits per heavy atom. The number of hydrogen-bond acceptors (Lipinski definition) is 6. The van der Waals surface area contributed by atoms with Crippen LogP contribution in [-0.4, -0.2) is 51.9 Å². The molecule has 12 heteroatoms. The molecular formula is C23H25Cl2N5O3S2. The molecule has 35 heavy (non-hydrogen) atoms. The maximum atomic E-state index is 13.0. The summed E-state index contributed by atoms with van der Waals surface area (Å²) in [4.78, 5) is 27.6. The van der Waals surface area contributed by atoms with Crippen LogP contribution in [0.25, 0.3) is 0 Å². The van der Waals surface area contributed by atoms with E-state index in [2.05, 4.69) is 15.7 Å². The predicted molar refractivity (Wildman–Crippen MR) is 145 cm³/mol. The van der Waals surface area contributed by atoms with E-state index in [9.17, 15) is 9.59 Å². The number of benzene rings is 1. The van der Waals surface area contributed by atoms with Crippen LogP contribution < -0.4 is 10.6 Å². The van der Waals surface area contributed by atoms with Gasteiger partial charge in [-0.25, -0.2) is 4.79 Å². The second-order valence-electron chi connectivity index (χ2n) is 7.46. The van der Waals surface area contributed by atoms with Gasteiger partial charge in [0.1, 0.15) is 5.00 Å². The molecule has 186 valence electrons. The van der Waals surface area contributed by atoms with Crippen LogP contribution in [0.3, 0.4) is 0 Å². The van der Waals surface area contributed by atoms with Crippen molar-refractivity contribution >= 4 is 74.6 Å². The summed E-state index contributed by atoms with van der Waals surface area (Å²) >= 11 is 18.7. The molecule has 0 aliphatic carbocycles. The summed E-state index contributed by atoms with van der Waals surface area (Å²) in [6, 6.07) is 7.17. The average Bonchev–Trinajstić information content (AvgIpc) is 3.39. The monoisotopic (exact) mass is 553 g/mol. The molecular weight excluding hydrogens is 529 g/mol. The fourth-order valence-electron chi connectivity index (χ4n) is 3.40. The molecule has 0 saturated carbocycles. The summed E-state index contributed by atoms with van der Waals surface area (Å²) in [6.45, 7) is 7.16. The molecule has 0 radical (unpaired) electrons. The first-order chi connectivity index (χ1) is 16.7. The number of carbonyl (C=O) groups is 2. The maximum absolute atomic E-state index is 13.0. The van der Waals surface area contributed by atoms with Crippen molar-refractivity contribution in [1.29, 1.82) is 0 Å². The van der Waals surface area contributed by atoms with E-state index in [4.69, 9.17) is 40.2 Å². The molecule has 0 spiro atoms. The number of ether oxygens (including phenoxy) is 1. The van der Waals surface area contributed by atoms with Gasteiger partial charge in [0, 0.05) is 25.4 Å². The third-order valence-corrected chi connectivity index (χ3v) is 7.36. The van der Waals surface area contributed by atoms with Gasteiger partial charge in [-0.3, -0.25) is 9.48 Å². The number of amides is 1. The van der Waals surface area contributed by atoms with Crippen LogP contribution in [0.15, 0.2) is 30.5 Å². The smallest absolute Gasteiger partial charge is 0.341 e. The number of thiophene rings is 1. The van der Waals surface area contributed by atoms with Gasteiger partial charge < -0.3 is 20.3 Å². The van der Waals surface area contributed by atoms with Crippen molar-refractivity contribution in [2.24, 2.45) is 0 Å². The Labute approximate surface area is 223 Å².